The van der Waals surface area contributed by atoms with Gasteiger partial charge in [-0.3, -0.25) is 14.2 Å². The van der Waals surface area contributed by atoms with E-state index in [0.717, 1.165) is 11.3 Å². The van der Waals surface area contributed by atoms with Crippen LogP contribution in [0, 0.1) is 17.1 Å². The number of amides is 1. The summed E-state index contributed by atoms with van der Waals surface area (Å²) in [7, 11) is 0. The molecule has 0 aliphatic heterocycles. The number of halogens is 2. The first-order valence-electron chi connectivity index (χ1n) is 9.73. The van der Waals surface area contributed by atoms with E-state index in [0.29, 0.717) is 26.5 Å². The number of aromatic nitrogens is 1. The lowest BCUT2D eigenvalue weighted by Gasteiger charge is -2.05. The van der Waals surface area contributed by atoms with E-state index in [1.807, 2.05) is 6.07 Å². The van der Waals surface area contributed by atoms with Crippen LogP contribution in [0.25, 0.3) is 17.3 Å². The number of rotatable bonds is 4. The molecule has 0 radical (unpaired) electrons. The normalized spacial score (nSPS) is 12.2. The Morgan fingerprint density at radius 2 is 1.70 bits per heavy atom. The summed E-state index contributed by atoms with van der Waals surface area (Å²) in [5.74, 6) is -1.16. The average molecular weight is 476 g/mol. The van der Waals surface area contributed by atoms with E-state index in [9.17, 15) is 19.2 Å². The SMILES string of the molecule is N#C/C(C(=O)Nc1ccc(F)cc1)=c1/s/c(=C/c2ccccc2Cl)c(=O)n1-c1ccccc1. The highest BCUT2D eigenvalue weighted by atomic mass is 35.5. The Balaban J connectivity index is 1.95. The van der Waals surface area contributed by atoms with Crippen molar-refractivity contribution in [3.63, 3.8) is 0 Å². The van der Waals surface area contributed by atoms with Crippen LogP contribution in [0.2, 0.25) is 5.02 Å². The number of hydrogen-bond donors (Lipinski definition) is 1. The maximum atomic E-state index is 13.3. The Kier molecular flexibility index (Phi) is 6.50. The van der Waals surface area contributed by atoms with Crippen molar-refractivity contribution in [1.29, 1.82) is 5.26 Å². The highest BCUT2D eigenvalue weighted by Gasteiger charge is 2.17. The maximum Gasteiger partial charge on any atom is 0.273 e. The van der Waals surface area contributed by atoms with Gasteiger partial charge in [0.1, 0.15) is 16.5 Å². The van der Waals surface area contributed by atoms with Crippen molar-refractivity contribution in [2.45, 2.75) is 0 Å². The van der Waals surface area contributed by atoms with Gasteiger partial charge in [0, 0.05) is 10.7 Å². The number of carbonyl (C=O) groups excluding carboxylic acids is 1. The summed E-state index contributed by atoms with van der Waals surface area (Å²) >= 11 is 7.26. The minimum atomic E-state index is -0.709. The van der Waals surface area contributed by atoms with Crippen LogP contribution in [0.4, 0.5) is 10.1 Å². The maximum absolute atomic E-state index is 13.3. The zero-order chi connectivity index (χ0) is 23.4. The fourth-order valence-corrected chi connectivity index (χ4v) is 4.40. The molecule has 3 aromatic carbocycles. The van der Waals surface area contributed by atoms with Crippen LogP contribution < -0.4 is 20.1 Å². The third-order valence-electron chi connectivity index (χ3n) is 4.68. The van der Waals surface area contributed by atoms with Gasteiger partial charge in [0.2, 0.25) is 0 Å². The van der Waals surface area contributed by atoms with Crippen molar-refractivity contribution in [2.75, 3.05) is 5.32 Å². The molecule has 0 bridgehead atoms. The summed E-state index contributed by atoms with van der Waals surface area (Å²) in [6.07, 6.45) is 1.63. The third-order valence-corrected chi connectivity index (χ3v) is 6.12. The monoisotopic (exact) mass is 475 g/mol. The van der Waals surface area contributed by atoms with Gasteiger partial charge >= 0.3 is 0 Å². The van der Waals surface area contributed by atoms with Crippen molar-refractivity contribution >= 4 is 46.2 Å². The Labute approximate surface area is 196 Å². The molecular formula is C25H15ClFN3O2S. The van der Waals surface area contributed by atoms with E-state index in [-0.39, 0.29) is 15.8 Å². The molecule has 0 aliphatic carbocycles. The average Bonchev–Trinajstić information content (AvgIpc) is 3.13. The van der Waals surface area contributed by atoms with Crippen molar-refractivity contribution in [3.8, 4) is 11.8 Å². The molecule has 0 atom stereocenters. The second-order valence-electron chi connectivity index (χ2n) is 6.86. The highest BCUT2D eigenvalue weighted by Crippen LogP contribution is 2.15. The van der Waals surface area contributed by atoms with Gasteiger partial charge in [-0.2, -0.15) is 5.26 Å². The molecule has 0 unspecified atom stereocenters. The number of thiazole rings is 1. The Hall–Kier alpha value is -3.99. The smallest absolute Gasteiger partial charge is 0.273 e. The van der Waals surface area contributed by atoms with E-state index in [1.54, 1.807) is 60.7 Å². The number of benzene rings is 3. The lowest BCUT2D eigenvalue weighted by Crippen LogP contribution is -2.32. The van der Waals surface area contributed by atoms with E-state index >= 15 is 0 Å². The Bertz CT molecular complexity index is 1550. The summed E-state index contributed by atoms with van der Waals surface area (Å²) < 4.78 is 15.0. The van der Waals surface area contributed by atoms with Gasteiger partial charge < -0.3 is 5.32 Å². The van der Waals surface area contributed by atoms with Crippen LogP contribution >= 0.6 is 22.9 Å². The van der Waals surface area contributed by atoms with Crippen LogP contribution in [-0.2, 0) is 4.79 Å². The molecule has 0 saturated heterocycles. The number of hydrogen-bond acceptors (Lipinski definition) is 4. The number of anilines is 1. The minimum Gasteiger partial charge on any atom is -0.321 e. The number of para-hydroxylation sites is 1. The molecule has 4 aromatic rings. The lowest BCUT2D eigenvalue weighted by molar-refractivity contribution is -0.111. The molecule has 33 heavy (non-hydrogen) atoms. The molecule has 0 fully saturated rings. The molecule has 1 aromatic heterocycles. The molecule has 0 spiro atoms. The highest BCUT2D eigenvalue weighted by molar-refractivity contribution is 7.07. The molecule has 8 heteroatoms. The van der Waals surface area contributed by atoms with Crippen LogP contribution in [0.1, 0.15) is 5.56 Å². The van der Waals surface area contributed by atoms with Crippen molar-refractivity contribution in [3.05, 3.63) is 115 Å². The van der Waals surface area contributed by atoms with Crippen LogP contribution in [-0.4, -0.2) is 10.5 Å². The summed E-state index contributed by atoms with van der Waals surface area (Å²) in [6.45, 7) is 0. The number of nitrogens with zero attached hydrogens (tertiary/aromatic N) is 2. The van der Waals surface area contributed by atoms with Gasteiger partial charge in [-0.25, -0.2) is 4.39 Å². The summed E-state index contributed by atoms with van der Waals surface area (Å²) in [5.41, 5.74) is 0.836. The molecule has 162 valence electrons. The standard InChI is InChI=1S/C25H15ClFN3O2S/c26-21-9-5-4-6-16(21)14-22-24(32)30(19-7-2-1-3-8-19)25(33-22)20(15-28)23(31)29-18-12-10-17(27)11-13-18/h1-14H,(H,29,31)/b22-14+,25-20-. The first-order chi connectivity index (χ1) is 16.0. The molecule has 1 heterocycles. The predicted octanol–water partition coefficient (Wildman–Crippen LogP) is 3.83. The van der Waals surface area contributed by atoms with Gasteiger partial charge in [0.25, 0.3) is 11.5 Å². The molecular weight excluding hydrogens is 461 g/mol. The van der Waals surface area contributed by atoms with Gasteiger partial charge in [-0.05, 0) is 54.1 Å². The zero-order valence-corrected chi connectivity index (χ0v) is 18.5. The minimum absolute atomic E-state index is 0.173. The van der Waals surface area contributed by atoms with E-state index in [2.05, 4.69) is 5.32 Å². The molecule has 0 aliphatic rings. The molecule has 1 N–H and O–H groups in total. The molecule has 4 rings (SSSR count). The molecule has 0 saturated carbocycles. The first kappa shape index (κ1) is 22.2. The van der Waals surface area contributed by atoms with Gasteiger partial charge in [-0.15, -0.1) is 11.3 Å². The van der Waals surface area contributed by atoms with Gasteiger partial charge in [0.15, 0.2) is 5.57 Å². The Morgan fingerprint density at radius 3 is 2.36 bits per heavy atom. The van der Waals surface area contributed by atoms with E-state index in [4.69, 9.17) is 11.6 Å². The fourth-order valence-electron chi connectivity index (χ4n) is 3.12. The van der Waals surface area contributed by atoms with Crippen LogP contribution in [0.3, 0.4) is 0 Å². The summed E-state index contributed by atoms with van der Waals surface area (Å²) in [4.78, 5) is 26.3. The second-order valence-corrected chi connectivity index (χ2v) is 8.30. The largest absolute Gasteiger partial charge is 0.321 e. The second kappa shape index (κ2) is 9.65. The van der Waals surface area contributed by atoms with Crippen molar-refractivity contribution in [2.24, 2.45) is 0 Å². The van der Waals surface area contributed by atoms with Gasteiger partial charge in [0.05, 0.1) is 10.2 Å². The summed E-state index contributed by atoms with van der Waals surface area (Å²) in [5, 5.41) is 12.9. The third kappa shape index (κ3) is 4.77. The van der Waals surface area contributed by atoms with Crippen molar-refractivity contribution in [1.82, 2.24) is 4.57 Å². The quantitative estimate of drug-likeness (QED) is 0.487. The van der Waals surface area contributed by atoms with E-state index < -0.39 is 11.7 Å². The zero-order valence-electron chi connectivity index (χ0n) is 17.0. The number of nitrogens with one attached hydrogen (secondary N) is 1. The molecule has 5 nitrogen and oxygen atoms in total. The van der Waals surface area contributed by atoms with Crippen LogP contribution in [0.5, 0.6) is 0 Å². The number of nitriles is 1. The topological polar surface area (TPSA) is 74.9 Å². The fraction of sp³-hybridized carbons (Fsp3) is 0. The van der Waals surface area contributed by atoms with Crippen molar-refractivity contribution < 1.29 is 9.18 Å². The molecule has 1 amide bonds. The summed E-state index contributed by atoms with van der Waals surface area (Å²) in [6, 6.07) is 22.9. The Morgan fingerprint density at radius 1 is 1.03 bits per heavy atom. The first-order valence-corrected chi connectivity index (χ1v) is 10.9. The number of carbonyl (C=O) groups is 1. The predicted molar refractivity (Wildman–Crippen MR) is 128 cm³/mol. The van der Waals surface area contributed by atoms with E-state index in [1.165, 1.54) is 28.8 Å². The van der Waals surface area contributed by atoms with Crippen LogP contribution in [0.15, 0.2) is 83.7 Å². The lowest BCUT2D eigenvalue weighted by atomic mass is 10.2. The van der Waals surface area contributed by atoms with Gasteiger partial charge in [-0.1, -0.05) is 48.0 Å².